The van der Waals surface area contributed by atoms with Gasteiger partial charge in [-0.3, -0.25) is 4.99 Å². The van der Waals surface area contributed by atoms with Gasteiger partial charge in [-0.1, -0.05) is 26.0 Å². The summed E-state index contributed by atoms with van der Waals surface area (Å²) in [7, 11) is 0. The molecule has 0 radical (unpaired) electrons. The van der Waals surface area contributed by atoms with E-state index in [0.29, 0.717) is 16.6 Å². The van der Waals surface area contributed by atoms with Gasteiger partial charge in [-0.05, 0) is 38.1 Å². The van der Waals surface area contributed by atoms with Gasteiger partial charge in [0.25, 0.3) is 0 Å². The first-order chi connectivity index (χ1) is 12.2. The molecule has 2 aromatic carbocycles. The van der Waals surface area contributed by atoms with Gasteiger partial charge in [-0.15, -0.1) is 10.2 Å². The minimum atomic E-state index is -0.706. The number of aliphatic imine (C=N–C) groups is 1. The summed E-state index contributed by atoms with van der Waals surface area (Å²) < 4.78 is 29.5. The molecule has 0 spiro atoms. The second kappa shape index (κ2) is 5.37. The maximum atomic E-state index is 14.8. The van der Waals surface area contributed by atoms with E-state index in [2.05, 4.69) is 15.2 Å². The quantitative estimate of drug-likeness (QED) is 0.659. The average molecular weight is 352 g/mol. The lowest BCUT2D eigenvalue weighted by molar-refractivity contribution is 0.291. The second-order valence-corrected chi connectivity index (χ2v) is 7.55. The standard InChI is InChI=1S/C20H18F2N4/c1-19(2)16-12(22)10-9-11(21)15(16)17(24-20(19,3)4)18-23-13-7-5-6-8-14(13)25-26-18/h5-10H,1-4H3. The number of aromatic nitrogens is 3. The Kier molecular flexibility index (Phi) is 3.45. The molecule has 0 bridgehead atoms. The fourth-order valence-corrected chi connectivity index (χ4v) is 3.32. The van der Waals surface area contributed by atoms with E-state index in [4.69, 9.17) is 4.99 Å². The molecule has 26 heavy (non-hydrogen) atoms. The van der Waals surface area contributed by atoms with Crippen LogP contribution in [0.5, 0.6) is 0 Å². The lowest BCUT2D eigenvalue weighted by Gasteiger charge is -2.44. The zero-order valence-corrected chi connectivity index (χ0v) is 15.0. The van der Waals surface area contributed by atoms with Crippen molar-refractivity contribution in [3.05, 3.63) is 65.0 Å². The summed E-state index contributed by atoms with van der Waals surface area (Å²) in [6.07, 6.45) is 0. The SMILES string of the molecule is CC1(C)N=C(c2nnc3ccccc3n2)c2c(F)ccc(F)c2C1(C)C. The van der Waals surface area contributed by atoms with E-state index in [1.807, 2.05) is 39.8 Å². The molecule has 132 valence electrons. The molecule has 0 amide bonds. The first-order valence-corrected chi connectivity index (χ1v) is 8.41. The van der Waals surface area contributed by atoms with Crippen molar-refractivity contribution < 1.29 is 8.78 Å². The molecule has 0 fully saturated rings. The van der Waals surface area contributed by atoms with Crippen LogP contribution in [-0.4, -0.2) is 26.4 Å². The van der Waals surface area contributed by atoms with Crippen LogP contribution >= 0.6 is 0 Å². The summed E-state index contributed by atoms with van der Waals surface area (Å²) in [6, 6.07) is 9.55. The number of benzene rings is 2. The third-order valence-electron chi connectivity index (χ3n) is 5.46. The molecule has 1 aliphatic heterocycles. The molecule has 4 nitrogen and oxygen atoms in total. The van der Waals surface area contributed by atoms with Gasteiger partial charge in [0.05, 0.1) is 11.1 Å². The second-order valence-electron chi connectivity index (χ2n) is 7.55. The van der Waals surface area contributed by atoms with Crippen LogP contribution in [0.4, 0.5) is 8.78 Å². The zero-order chi connectivity index (χ0) is 18.7. The van der Waals surface area contributed by atoms with Crippen LogP contribution in [0.25, 0.3) is 11.0 Å². The minimum absolute atomic E-state index is 0.117. The van der Waals surface area contributed by atoms with Gasteiger partial charge < -0.3 is 0 Å². The molecule has 0 saturated carbocycles. The monoisotopic (exact) mass is 352 g/mol. The Balaban J connectivity index is 2.05. The molecular weight excluding hydrogens is 334 g/mol. The van der Waals surface area contributed by atoms with Crippen LogP contribution in [0.1, 0.15) is 44.6 Å². The average Bonchev–Trinajstić information content (AvgIpc) is 2.60. The van der Waals surface area contributed by atoms with E-state index >= 15 is 0 Å². The van der Waals surface area contributed by atoms with Crippen LogP contribution < -0.4 is 0 Å². The first-order valence-electron chi connectivity index (χ1n) is 8.41. The maximum Gasteiger partial charge on any atom is 0.201 e. The Bertz CT molecular complexity index is 1070. The summed E-state index contributed by atoms with van der Waals surface area (Å²) >= 11 is 0. The maximum absolute atomic E-state index is 14.8. The van der Waals surface area contributed by atoms with E-state index in [-0.39, 0.29) is 17.1 Å². The molecule has 1 aromatic heterocycles. The highest BCUT2D eigenvalue weighted by Crippen LogP contribution is 2.45. The van der Waals surface area contributed by atoms with Crippen molar-refractivity contribution in [1.29, 1.82) is 0 Å². The molecule has 4 rings (SSSR count). The third kappa shape index (κ3) is 2.25. The summed E-state index contributed by atoms with van der Waals surface area (Å²) in [5.41, 5.74) is 0.519. The molecule has 6 heteroatoms. The highest BCUT2D eigenvalue weighted by atomic mass is 19.1. The van der Waals surface area contributed by atoms with E-state index in [0.717, 1.165) is 12.1 Å². The fourth-order valence-electron chi connectivity index (χ4n) is 3.32. The highest BCUT2D eigenvalue weighted by molar-refractivity contribution is 6.13. The van der Waals surface area contributed by atoms with Crippen molar-refractivity contribution in [2.45, 2.75) is 38.6 Å². The van der Waals surface area contributed by atoms with Crippen molar-refractivity contribution in [2.24, 2.45) is 4.99 Å². The van der Waals surface area contributed by atoms with Crippen LogP contribution in [0.2, 0.25) is 0 Å². The van der Waals surface area contributed by atoms with Gasteiger partial charge in [0, 0.05) is 16.5 Å². The van der Waals surface area contributed by atoms with Gasteiger partial charge in [-0.25, -0.2) is 13.8 Å². The molecule has 3 aromatic rings. The van der Waals surface area contributed by atoms with E-state index in [1.165, 1.54) is 0 Å². The number of rotatable bonds is 1. The molecular formula is C20H18F2N4. The molecule has 0 unspecified atom stereocenters. The zero-order valence-electron chi connectivity index (χ0n) is 15.0. The van der Waals surface area contributed by atoms with Crippen molar-refractivity contribution in [1.82, 2.24) is 15.2 Å². The molecule has 0 N–H and O–H groups in total. The number of fused-ring (bicyclic) bond motifs is 2. The Morgan fingerprint density at radius 2 is 1.46 bits per heavy atom. The van der Waals surface area contributed by atoms with Crippen molar-refractivity contribution >= 4 is 16.7 Å². The van der Waals surface area contributed by atoms with Gasteiger partial charge in [0.15, 0.2) is 0 Å². The number of hydrogen-bond acceptors (Lipinski definition) is 4. The van der Waals surface area contributed by atoms with Gasteiger partial charge >= 0.3 is 0 Å². The predicted octanol–water partition coefficient (Wildman–Crippen LogP) is 4.21. The molecule has 0 saturated heterocycles. The Morgan fingerprint density at radius 3 is 2.19 bits per heavy atom. The van der Waals surface area contributed by atoms with Crippen LogP contribution in [0.3, 0.4) is 0 Å². The van der Waals surface area contributed by atoms with Crippen LogP contribution in [0, 0.1) is 11.6 Å². The summed E-state index contributed by atoms with van der Waals surface area (Å²) in [5, 5.41) is 8.29. The Hall–Kier alpha value is -2.76. The number of para-hydroxylation sites is 1. The lowest BCUT2D eigenvalue weighted by atomic mass is 9.65. The van der Waals surface area contributed by atoms with Gasteiger partial charge in [-0.2, -0.15) is 0 Å². The minimum Gasteiger partial charge on any atom is -0.274 e. The number of hydrogen-bond donors (Lipinski definition) is 0. The van der Waals surface area contributed by atoms with Gasteiger partial charge in [0.2, 0.25) is 5.82 Å². The molecule has 0 atom stereocenters. The van der Waals surface area contributed by atoms with Crippen LogP contribution in [-0.2, 0) is 5.41 Å². The van der Waals surface area contributed by atoms with Gasteiger partial charge in [0.1, 0.15) is 22.9 Å². The first kappa shape index (κ1) is 16.7. The lowest BCUT2D eigenvalue weighted by Crippen LogP contribution is -2.47. The summed E-state index contributed by atoms with van der Waals surface area (Å²) in [6.45, 7) is 7.53. The number of halogens is 2. The van der Waals surface area contributed by atoms with E-state index < -0.39 is 22.6 Å². The summed E-state index contributed by atoms with van der Waals surface area (Å²) in [5.74, 6) is -0.806. The number of nitrogens with zero attached hydrogens (tertiary/aromatic N) is 4. The topological polar surface area (TPSA) is 51.0 Å². The molecule has 0 aliphatic carbocycles. The van der Waals surface area contributed by atoms with Crippen molar-refractivity contribution in [2.75, 3.05) is 0 Å². The predicted molar refractivity (Wildman–Crippen MR) is 96.4 cm³/mol. The molecule has 1 aliphatic rings. The third-order valence-corrected chi connectivity index (χ3v) is 5.46. The van der Waals surface area contributed by atoms with Crippen LogP contribution in [0.15, 0.2) is 41.4 Å². The van der Waals surface area contributed by atoms with Crippen molar-refractivity contribution in [3.8, 4) is 0 Å². The highest BCUT2D eigenvalue weighted by Gasteiger charge is 2.47. The summed E-state index contributed by atoms with van der Waals surface area (Å²) in [4.78, 5) is 9.22. The smallest absolute Gasteiger partial charge is 0.201 e. The molecule has 2 heterocycles. The Labute approximate surface area is 150 Å². The van der Waals surface area contributed by atoms with E-state index in [9.17, 15) is 8.78 Å². The fraction of sp³-hybridized carbons (Fsp3) is 0.300. The van der Waals surface area contributed by atoms with Crippen molar-refractivity contribution in [3.63, 3.8) is 0 Å². The van der Waals surface area contributed by atoms with E-state index in [1.54, 1.807) is 12.1 Å². The largest absolute Gasteiger partial charge is 0.274 e. The Morgan fingerprint density at radius 1 is 0.808 bits per heavy atom. The normalized spacial score (nSPS) is 17.7.